The van der Waals surface area contributed by atoms with Gasteiger partial charge in [-0.2, -0.15) is 13.4 Å². The van der Waals surface area contributed by atoms with E-state index in [-0.39, 0.29) is 11.4 Å². The topological polar surface area (TPSA) is 166 Å². The predicted molar refractivity (Wildman–Crippen MR) is 123 cm³/mol. The minimum atomic E-state index is -4.24. The summed E-state index contributed by atoms with van der Waals surface area (Å²) in [5.41, 5.74) is 5.61. The molecule has 4 atom stereocenters. The van der Waals surface area contributed by atoms with E-state index in [1.165, 1.54) is 12.3 Å². The van der Waals surface area contributed by atoms with Gasteiger partial charge in [-0.15, -0.1) is 0 Å². The van der Waals surface area contributed by atoms with Gasteiger partial charge in [-0.3, -0.25) is 18.3 Å². The van der Waals surface area contributed by atoms with Gasteiger partial charge in [-0.05, 0) is 5.56 Å². The molecule has 0 unspecified atom stereocenters. The van der Waals surface area contributed by atoms with E-state index in [1.807, 2.05) is 0 Å². The van der Waals surface area contributed by atoms with Crippen LogP contribution in [0.3, 0.4) is 0 Å². The fraction of sp³-hybridized carbons (Fsp3) is 0.364. The minimum Gasteiger partial charge on any atom is -0.463 e. The first-order valence-electron chi connectivity index (χ1n) is 10.4. The van der Waals surface area contributed by atoms with Crippen molar-refractivity contribution >= 4 is 34.0 Å². The second kappa shape index (κ2) is 10.8. The molecule has 2 heterocycles. The lowest BCUT2D eigenvalue weighted by atomic mass is 10.1. The summed E-state index contributed by atoms with van der Waals surface area (Å²) in [6.45, 7) is 5.43. The summed E-state index contributed by atoms with van der Waals surface area (Å²) in [6.07, 6.45) is -2.82. The Morgan fingerprint density at radius 1 is 1.20 bits per heavy atom. The van der Waals surface area contributed by atoms with Crippen molar-refractivity contribution in [2.75, 3.05) is 12.3 Å². The minimum absolute atomic E-state index is 0.0852. The Bertz CT molecular complexity index is 1260. The van der Waals surface area contributed by atoms with Crippen molar-refractivity contribution in [3.63, 3.8) is 0 Å². The maximum absolute atomic E-state index is 12.9. The number of esters is 2. The molecule has 0 amide bonds. The molecule has 35 heavy (non-hydrogen) atoms. The van der Waals surface area contributed by atoms with Crippen molar-refractivity contribution in [3.05, 3.63) is 64.7 Å². The number of carbonyl (C=O) groups excluding carboxylic acids is 2. The molecule has 13 heteroatoms. The first-order chi connectivity index (χ1) is 16.5. The van der Waals surface area contributed by atoms with Crippen molar-refractivity contribution in [3.8, 4) is 0 Å². The van der Waals surface area contributed by atoms with Crippen LogP contribution < -0.4 is 11.4 Å². The molecule has 0 bridgehead atoms. The summed E-state index contributed by atoms with van der Waals surface area (Å²) in [5, 5.41) is 0. The molecule has 3 rings (SSSR count). The molecular formula is C22H25N3O9S. The number of carbonyl (C=O) groups is 2. The van der Waals surface area contributed by atoms with Crippen LogP contribution >= 0.6 is 0 Å². The van der Waals surface area contributed by atoms with E-state index >= 15 is 0 Å². The Labute approximate surface area is 201 Å². The number of nitrogens with two attached hydrogens (primary N) is 1. The number of benzene rings is 1. The number of rotatable bonds is 9. The molecule has 0 saturated carbocycles. The van der Waals surface area contributed by atoms with Gasteiger partial charge in [0, 0.05) is 25.6 Å². The standard InChI is InChI=1S/C22H25N3O9S/c1-4-16-10-25(22(28)24-20(16)23)21-19(32-14(3)27)18(17(33-21)11-31-13(2)26)34-35(29,30)12-15-8-6-5-7-9-15/h4-10,17-19,21H,1,11-12H2,2-3H3,(H2,23,24,28)/t17-,18+,19-,21-/m1/s1. The molecule has 0 aliphatic carbocycles. The maximum atomic E-state index is 12.9. The van der Waals surface area contributed by atoms with Crippen LogP contribution in [0.4, 0.5) is 5.82 Å². The third-order valence-electron chi connectivity index (χ3n) is 4.99. The molecule has 1 fully saturated rings. The highest BCUT2D eigenvalue weighted by Gasteiger charge is 2.51. The zero-order valence-corrected chi connectivity index (χ0v) is 19.8. The van der Waals surface area contributed by atoms with Crippen LogP contribution in [0.1, 0.15) is 31.2 Å². The van der Waals surface area contributed by atoms with Crippen LogP contribution in [-0.4, -0.2) is 54.8 Å². The van der Waals surface area contributed by atoms with Crippen LogP contribution in [-0.2, 0) is 43.9 Å². The molecule has 1 aromatic carbocycles. The van der Waals surface area contributed by atoms with Crippen molar-refractivity contribution in [1.29, 1.82) is 0 Å². The van der Waals surface area contributed by atoms with E-state index in [4.69, 9.17) is 24.1 Å². The van der Waals surface area contributed by atoms with Gasteiger partial charge in [-0.25, -0.2) is 4.79 Å². The molecule has 1 aromatic heterocycles. The molecule has 188 valence electrons. The van der Waals surface area contributed by atoms with Gasteiger partial charge >= 0.3 is 17.6 Å². The molecule has 2 aromatic rings. The second-order valence-corrected chi connectivity index (χ2v) is 9.26. The van der Waals surface area contributed by atoms with Gasteiger partial charge in [0.2, 0.25) is 0 Å². The average Bonchev–Trinajstić information content (AvgIpc) is 3.08. The lowest BCUT2D eigenvalue weighted by Gasteiger charge is -2.24. The second-order valence-electron chi connectivity index (χ2n) is 7.67. The van der Waals surface area contributed by atoms with Crippen LogP contribution in [0.25, 0.3) is 6.08 Å². The van der Waals surface area contributed by atoms with Crippen molar-refractivity contribution in [1.82, 2.24) is 9.55 Å². The predicted octanol–water partition coefficient (Wildman–Crippen LogP) is 0.776. The third-order valence-corrected chi connectivity index (χ3v) is 6.19. The number of hydrogen-bond donors (Lipinski definition) is 1. The smallest absolute Gasteiger partial charge is 0.351 e. The number of ether oxygens (including phenoxy) is 3. The largest absolute Gasteiger partial charge is 0.463 e. The zero-order chi connectivity index (χ0) is 25.8. The Hall–Kier alpha value is -3.55. The zero-order valence-electron chi connectivity index (χ0n) is 19.0. The summed E-state index contributed by atoms with van der Waals surface area (Å²) in [5.74, 6) is -2.01. The van der Waals surface area contributed by atoms with Gasteiger partial charge in [0.25, 0.3) is 10.1 Å². The SMILES string of the molecule is C=Cc1cn([C@@H]2O[C@H](COC(C)=O)[C@H](OS(=O)(=O)Cc3ccccc3)[C@H]2OC(C)=O)c(=O)nc1N. The van der Waals surface area contributed by atoms with Crippen LogP contribution in [0.15, 0.2) is 47.9 Å². The van der Waals surface area contributed by atoms with Gasteiger partial charge in [0.15, 0.2) is 12.3 Å². The first kappa shape index (κ1) is 26.1. The molecular weight excluding hydrogens is 482 g/mol. The van der Waals surface area contributed by atoms with Gasteiger partial charge < -0.3 is 19.9 Å². The normalized spacial score (nSPS) is 21.9. The van der Waals surface area contributed by atoms with E-state index in [1.54, 1.807) is 30.3 Å². The summed E-state index contributed by atoms with van der Waals surface area (Å²) < 4.78 is 48.4. The van der Waals surface area contributed by atoms with Crippen molar-refractivity contribution in [2.24, 2.45) is 0 Å². The Morgan fingerprint density at radius 2 is 1.89 bits per heavy atom. The molecule has 12 nitrogen and oxygen atoms in total. The van der Waals surface area contributed by atoms with E-state index in [0.717, 1.165) is 18.4 Å². The van der Waals surface area contributed by atoms with E-state index in [9.17, 15) is 22.8 Å². The van der Waals surface area contributed by atoms with E-state index < -0.39 is 64.6 Å². The van der Waals surface area contributed by atoms with Gasteiger partial charge in [0.1, 0.15) is 30.4 Å². The van der Waals surface area contributed by atoms with Crippen molar-refractivity contribution < 1.29 is 36.4 Å². The lowest BCUT2D eigenvalue weighted by Crippen LogP contribution is -2.42. The van der Waals surface area contributed by atoms with Crippen LogP contribution in [0.5, 0.6) is 0 Å². The van der Waals surface area contributed by atoms with E-state index in [2.05, 4.69) is 11.6 Å². The van der Waals surface area contributed by atoms with Crippen LogP contribution in [0, 0.1) is 0 Å². The monoisotopic (exact) mass is 507 g/mol. The molecule has 1 saturated heterocycles. The first-order valence-corrected chi connectivity index (χ1v) is 12.0. The summed E-state index contributed by atoms with van der Waals surface area (Å²) >= 11 is 0. The lowest BCUT2D eigenvalue weighted by molar-refractivity contribution is -0.155. The quantitative estimate of drug-likeness (QED) is 0.376. The van der Waals surface area contributed by atoms with Gasteiger partial charge in [-0.1, -0.05) is 43.0 Å². The van der Waals surface area contributed by atoms with E-state index in [0.29, 0.717) is 5.56 Å². The fourth-order valence-electron chi connectivity index (χ4n) is 3.52. The number of aromatic nitrogens is 2. The van der Waals surface area contributed by atoms with Crippen LogP contribution in [0.2, 0.25) is 0 Å². The molecule has 1 aliphatic rings. The Balaban J connectivity index is 2.02. The third kappa shape index (κ3) is 6.53. The molecule has 0 radical (unpaired) electrons. The Morgan fingerprint density at radius 3 is 2.49 bits per heavy atom. The maximum Gasteiger partial charge on any atom is 0.351 e. The number of nitrogen functional groups attached to an aromatic ring is 1. The number of hydrogen-bond acceptors (Lipinski definition) is 11. The molecule has 1 aliphatic heterocycles. The molecule has 0 spiro atoms. The molecule has 2 N–H and O–H groups in total. The average molecular weight is 508 g/mol. The summed E-state index contributed by atoms with van der Waals surface area (Å²) in [4.78, 5) is 39.6. The highest BCUT2D eigenvalue weighted by Crippen LogP contribution is 2.35. The highest BCUT2D eigenvalue weighted by molar-refractivity contribution is 7.85. The number of nitrogens with zero attached hydrogens (tertiary/aromatic N) is 2. The summed E-state index contributed by atoms with van der Waals surface area (Å²) in [6, 6.07) is 8.27. The summed E-state index contributed by atoms with van der Waals surface area (Å²) in [7, 11) is -4.24. The van der Waals surface area contributed by atoms with Gasteiger partial charge in [0.05, 0.1) is 0 Å². The fourth-order valence-corrected chi connectivity index (χ4v) is 4.76. The highest BCUT2D eigenvalue weighted by atomic mass is 32.2. The van der Waals surface area contributed by atoms with Crippen molar-refractivity contribution in [2.45, 2.75) is 44.1 Å². The number of anilines is 1. The Kier molecular flexibility index (Phi) is 8.04.